The van der Waals surface area contributed by atoms with Crippen LogP contribution < -0.4 is 0 Å². The number of Topliss-reactive ketones (excluding diaryl/α,β-unsaturated/α-hetero) is 1. The van der Waals surface area contributed by atoms with Crippen LogP contribution in [0.25, 0.3) is 0 Å². The van der Waals surface area contributed by atoms with Crippen molar-refractivity contribution in [3.63, 3.8) is 0 Å². The number of allylic oxidation sites excluding steroid dienone is 4. The first kappa shape index (κ1) is 14.4. The van der Waals surface area contributed by atoms with E-state index in [0.717, 1.165) is 44.3 Å². The number of carbonyl (C=O) groups is 1. The van der Waals surface area contributed by atoms with Gasteiger partial charge in [-0.3, -0.25) is 4.79 Å². The quantitative estimate of drug-likeness (QED) is 0.761. The molecule has 0 radical (unpaired) electrons. The number of ketones is 1. The van der Waals surface area contributed by atoms with Crippen molar-refractivity contribution >= 4 is 5.78 Å². The van der Waals surface area contributed by atoms with Crippen LogP contribution in [0.3, 0.4) is 0 Å². The largest absolute Gasteiger partial charge is 0.306 e. The van der Waals surface area contributed by atoms with Crippen molar-refractivity contribution in [3.05, 3.63) is 23.6 Å². The minimum absolute atomic E-state index is 0.0241. The maximum absolute atomic E-state index is 13.7. The molecule has 0 saturated carbocycles. The van der Waals surface area contributed by atoms with E-state index >= 15 is 0 Å². The smallest absolute Gasteiger partial charge is 0.140 e. The van der Waals surface area contributed by atoms with Gasteiger partial charge >= 0.3 is 0 Å². The summed E-state index contributed by atoms with van der Waals surface area (Å²) in [6, 6.07) is 0. The van der Waals surface area contributed by atoms with Gasteiger partial charge in [0.15, 0.2) is 0 Å². The lowest BCUT2D eigenvalue weighted by Gasteiger charge is -2.40. The predicted molar refractivity (Wildman–Crippen MR) is 75.5 cm³/mol. The first-order valence-electron chi connectivity index (χ1n) is 7.22. The van der Waals surface area contributed by atoms with Gasteiger partial charge in [0, 0.05) is 5.92 Å². The molecule has 1 aliphatic carbocycles. The fourth-order valence-electron chi connectivity index (χ4n) is 3.24. The molecule has 1 atom stereocenters. The molecule has 2 nitrogen and oxygen atoms in total. The number of likely N-dealkylation sites (tertiary alicyclic amines) is 1. The van der Waals surface area contributed by atoms with Gasteiger partial charge in [0.2, 0.25) is 0 Å². The molecule has 1 heterocycles. The molecule has 0 bridgehead atoms. The van der Waals surface area contributed by atoms with E-state index in [9.17, 15) is 9.18 Å². The summed E-state index contributed by atoms with van der Waals surface area (Å²) in [4.78, 5) is 14.5. The van der Waals surface area contributed by atoms with Crippen LogP contribution >= 0.6 is 0 Å². The number of hydrogen-bond donors (Lipinski definition) is 0. The summed E-state index contributed by atoms with van der Waals surface area (Å²) >= 11 is 0. The number of carbonyl (C=O) groups excluding carboxylic acids is 1. The highest BCUT2D eigenvalue weighted by atomic mass is 19.1. The van der Waals surface area contributed by atoms with Gasteiger partial charge in [0.1, 0.15) is 11.6 Å². The molecule has 0 aromatic heterocycles. The second kappa shape index (κ2) is 5.58. The molecule has 1 aliphatic heterocycles. The molecular formula is C16H24FNO. The monoisotopic (exact) mass is 265 g/mol. The normalized spacial score (nSPS) is 28.3. The summed E-state index contributed by atoms with van der Waals surface area (Å²) in [6.45, 7) is 5.50. The van der Waals surface area contributed by atoms with Gasteiger partial charge in [0.25, 0.3) is 0 Å². The first-order chi connectivity index (χ1) is 8.95. The van der Waals surface area contributed by atoms with E-state index < -0.39 is 0 Å². The minimum atomic E-state index is -0.340. The molecule has 0 N–H and O–H groups in total. The third-order valence-corrected chi connectivity index (χ3v) is 4.89. The van der Waals surface area contributed by atoms with Gasteiger partial charge < -0.3 is 4.90 Å². The molecule has 0 spiro atoms. The number of piperidine rings is 1. The van der Waals surface area contributed by atoms with Crippen molar-refractivity contribution in [2.45, 2.75) is 39.5 Å². The average Bonchev–Trinajstić information content (AvgIpc) is 2.54. The second-order valence-corrected chi connectivity index (χ2v) is 6.12. The summed E-state index contributed by atoms with van der Waals surface area (Å²) in [5, 5.41) is 0. The molecule has 1 fully saturated rings. The van der Waals surface area contributed by atoms with E-state index in [-0.39, 0.29) is 22.9 Å². The van der Waals surface area contributed by atoms with Crippen LogP contribution in [0.15, 0.2) is 23.6 Å². The Labute approximate surface area is 115 Å². The molecule has 2 rings (SSSR count). The van der Waals surface area contributed by atoms with Crippen LogP contribution in [0.2, 0.25) is 0 Å². The van der Waals surface area contributed by atoms with Crippen LogP contribution in [0.4, 0.5) is 4.39 Å². The zero-order chi connectivity index (χ0) is 14.0. The van der Waals surface area contributed by atoms with Crippen molar-refractivity contribution in [2.75, 3.05) is 20.1 Å². The number of hydrogen-bond acceptors (Lipinski definition) is 2. The minimum Gasteiger partial charge on any atom is -0.306 e. The molecule has 2 aliphatic rings. The predicted octanol–water partition coefficient (Wildman–Crippen LogP) is 3.50. The van der Waals surface area contributed by atoms with Crippen molar-refractivity contribution in [3.8, 4) is 0 Å². The zero-order valence-corrected chi connectivity index (χ0v) is 12.2. The lowest BCUT2D eigenvalue weighted by Crippen LogP contribution is -2.43. The Morgan fingerprint density at radius 1 is 1.37 bits per heavy atom. The van der Waals surface area contributed by atoms with Gasteiger partial charge in [-0.05, 0) is 58.8 Å². The van der Waals surface area contributed by atoms with Gasteiger partial charge in [-0.15, -0.1) is 0 Å². The molecule has 3 heteroatoms. The molecule has 0 aromatic carbocycles. The Hall–Kier alpha value is -0.960. The van der Waals surface area contributed by atoms with Crippen molar-refractivity contribution in [1.82, 2.24) is 4.90 Å². The summed E-state index contributed by atoms with van der Waals surface area (Å²) in [5.74, 6) is 0.167. The lowest BCUT2D eigenvalue weighted by atomic mass is 9.68. The number of halogens is 1. The van der Waals surface area contributed by atoms with E-state index in [1.54, 1.807) is 13.0 Å². The van der Waals surface area contributed by atoms with Gasteiger partial charge in [0.05, 0.1) is 5.41 Å². The van der Waals surface area contributed by atoms with E-state index in [4.69, 9.17) is 0 Å². The van der Waals surface area contributed by atoms with E-state index in [1.807, 2.05) is 13.0 Å². The van der Waals surface area contributed by atoms with Crippen LogP contribution in [0.5, 0.6) is 0 Å². The fourth-order valence-corrected chi connectivity index (χ4v) is 3.24. The SMILES string of the molecule is CC(=O)C1(C2=CC=C(F)[C@@H](C)CC2)CCN(C)CC1. The zero-order valence-electron chi connectivity index (χ0n) is 12.2. The highest BCUT2D eigenvalue weighted by Gasteiger charge is 2.41. The number of rotatable bonds is 2. The Balaban J connectivity index is 2.28. The molecule has 0 unspecified atom stereocenters. The maximum atomic E-state index is 13.7. The van der Waals surface area contributed by atoms with Crippen molar-refractivity contribution in [1.29, 1.82) is 0 Å². The summed E-state index contributed by atoms with van der Waals surface area (Å²) in [7, 11) is 2.09. The van der Waals surface area contributed by atoms with Crippen LogP contribution in [0.1, 0.15) is 39.5 Å². The number of nitrogens with zero attached hydrogens (tertiary/aromatic N) is 1. The van der Waals surface area contributed by atoms with Gasteiger partial charge in [-0.1, -0.05) is 18.6 Å². The maximum Gasteiger partial charge on any atom is 0.140 e. The van der Waals surface area contributed by atoms with Gasteiger partial charge in [-0.25, -0.2) is 4.39 Å². The van der Waals surface area contributed by atoms with Crippen LogP contribution in [0, 0.1) is 11.3 Å². The Kier molecular flexibility index (Phi) is 4.24. The Morgan fingerprint density at radius 3 is 2.58 bits per heavy atom. The molecule has 0 amide bonds. The summed E-state index contributed by atoms with van der Waals surface area (Å²) in [5.41, 5.74) is 0.806. The van der Waals surface area contributed by atoms with Gasteiger partial charge in [-0.2, -0.15) is 0 Å². The van der Waals surface area contributed by atoms with Crippen molar-refractivity contribution < 1.29 is 9.18 Å². The lowest BCUT2D eigenvalue weighted by molar-refractivity contribution is -0.126. The molecule has 1 saturated heterocycles. The molecule has 19 heavy (non-hydrogen) atoms. The highest BCUT2D eigenvalue weighted by molar-refractivity contribution is 5.86. The van der Waals surface area contributed by atoms with E-state index in [2.05, 4.69) is 11.9 Å². The summed E-state index contributed by atoms with van der Waals surface area (Å²) < 4.78 is 13.7. The Bertz CT molecular complexity index is 416. The van der Waals surface area contributed by atoms with Crippen LogP contribution in [-0.2, 0) is 4.79 Å². The Morgan fingerprint density at radius 2 is 2.00 bits per heavy atom. The summed E-state index contributed by atoms with van der Waals surface area (Å²) in [6.07, 6.45) is 6.85. The fraction of sp³-hybridized carbons (Fsp3) is 0.688. The topological polar surface area (TPSA) is 20.3 Å². The molecule has 0 aromatic rings. The highest BCUT2D eigenvalue weighted by Crippen LogP contribution is 2.43. The third-order valence-electron chi connectivity index (χ3n) is 4.89. The third kappa shape index (κ3) is 2.81. The molecule has 106 valence electrons. The average molecular weight is 265 g/mol. The second-order valence-electron chi connectivity index (χ2n) is 6.12. The standard InChI is InChI=1S/C16H24FNO/c1-12-4-5-14(6-7-15(12)17)16(13(2)19)8-10-18(3)11-9-16/h6-7,12H,4-5,8-11H2,1-3H3/t12-/m0/s1. The van der Waals surface area contributed by atoms with Crippen molar-refractivity contribution in [2.24, 2.45) is 11.3 Å². The molecular weight excluding hydrogens is 241 g/mol. The van der Waals surface area contributed by atoms with E-state index in [0.29, 0.717) is 0 Å². The van der Waals surface area contributed by atoms with E-state index in [1.165, 1.54) is 0 Å². The first-order valence-corrected chi connectivity index (χ1v) is 7.22. The van der Waals surface area contributed by atoms with Crippen LogP contribution in [-0.4, -0.2) is 30.8 Å².